The number of esters is 1. The Hall–Kier alpha value is -1.29. The van der Waals surface area contributed by atoms with Crippen molar-refractivity contribution in [2.45, 2.75) is 82.9 Å². The molecule has 0 aromatic rings. The van der Waals surface area contributed by atoms with Crippen LogP contribution in [0.1, 0.15) is 40.0 Å². The van der Waals surface area contributed by atoms with E-state index in [1.54, 1.807) is 0 Å². The van der Waals surface area contributed by atoms with E-state index in [9.17, 15) is 25.2 Å². The molecule has 0 bridgehead atoms. The van der Waals surface area contributed by atoms with Crippen LogP contribution in [-0.2, 0) is 19.0 Å². The summed E-state index contributed by atoms with van der Waals surface area (Å²) in [7, 11) is 0. The average molecular weight is 412 g/mol. The maximum absolute atomic E-state index is 12.0. The topological polar surface area (TPSA) is 126 Å². The minimum atomic E-state index is -1.48. The Morgan fingerprint density at radius 1 is 1.10 bits per heavy atom. The van der Waals surface area contributed by atoms with Gasteiger partial charge in [-0.2, -0.15) is 0 Å². The van der Waals surface area contributed by atoms with Crippen molar-refractivity contribution >= 4 is 5.97 Å². The molecule has 0 unspecified atom stereocenters. The van der Waals surface area contributed by atoms with E-state index < -0.39 is 43.4 Å². The summed E-state index contributed by atoms with van der Waals surface area (Å²) in [5, 5.41) is 39.5. The minimum absolute atomic E-state index is 0.127. The molecule has 4 N–H and O–H groups in total. The van der Waals surface area contributed by atoms with Crippen LogP contribution in [0.25, 0.3) is 0 Å². The Kier molecular flexibility index (Phi) is 7.14. The Bertz CT molecular complexity index is 657. The molecule has 0 aromatic carbocycles. The molecule has 8 nitrogen and oxygen atoms in total. The molecule has 0 spiro atoms. The lowest BCUT2D eigenvalue weighted by Gasteiger charge is -2.40. The number of carbonyl (C=O) groups is 1. The van der Waals surface area contributed by atoms with Gasteiger partial charge >= 0.3 is 5.97 Å². The van der Waals surface area contributed by atoms with Crippen LogP contribution in [-0.4, -0.2) is 75.9 Å². The minimum Gasteiger partial charge on any atom is -0.458 e. The van der Waals surface area contributed by atoms with Gasteiger partial charge in [-0.1, -0.05) is 24.1 Å². The number of carbonyl (C=O) groups excluding carboxylic acids is 1. The molecule has 1 aliphatic carbocycles. The van der Waals surface area contributed by atoms with E-state index in [1.807, 2.05) is 32.9 Å². The first-order valence-electron chi connectivity index (χ1n) is 10.2. The van der Waals surface area contributed by atoms with E-state index in [0.717, 1.165) is 24.0 Å². The maximum atomic E-state index is 12.0. The third-order valence-corrected chi connectivity index (χ3v) is 6.16. The molecule has 29 heavy (non-hydrogen) atoms. The average Bonchev–Trinajstić information content (AvgIpc) is 2.93. The summed E-state index contributed by atoms with van der Waals surface area (Å²) in [5.41, 5.74) is 2.06. The molecule has 0 amide bonds. The standard InChI is InChI=1S/C21H32O8/c1-10-4-5-14-12(3)20(26)28-15(14)8-11(2)7-13(6-10)27-21-19(25)18(24)17(23)16(9-22)29-21/h6,8,12-19,21-25H,4-5,7,9H2,1-3H3/b10-6+,11-8+/t12-,13+,14-,15+,16+,17+,18-,19+,21+/m0/s1. The zero-order valence-corrected chi connectivity index (χ0v) is 17.1. The lowest BCUT2D eigenvalue weighted by atomic mass is 9.84. The van der Waals surface area contributed by atoms with Gasteiger partial charge in [0.1, 0.15) is 30.5 Å². The maximum Gasteiger partial charge on any atom is 0.309 e. The fourth-order valence-electron chi connectivity index (χ4n) is 4.32. The summed E-state index contributed by atoms with van der Waals surface area (Å²) in [6, 6.07) is 0. The molecule has 0 saturated carbocycles. The van der Waals surface area contributed by atoms with Crippen LogP contribution in [0.15, 0.2) is 23.3 Å². The summed E-state index contributed by atoms with van der Waals surface area (Å²) in [5.74, 6) is -0.153. The van der Waals surface area contributed by atoms with Gasteiger partial charge in [0.15, 0.2) is 6.29 Å². The summed E-state index contributed by atoms with van der Waals surface area (Å²) in [4.78, 5) is 12.0. The Morgan fingerprint density at radius 2 is 1.83 bits per heavy atom. The molecule has 2 aliphatic heterocycles. The SMILES string of the molecule is C/C1=C\[C@@H](O[C@@H]2O[C@H](CO)[C@@H](O)[C@H](O)[C@H]2O)C/C(C)=C/[C@H]2OC(=O)[C@@H](C)[C@@H]2CC1. The Balaban J connectivity index is 1.76. The molecule has 164 valence electrons. The van der Waals surface area contributed by atoms with Crippen molar-refractivity contribution in [3.05, 3.63) is 23.3 Å². The van der Waals surface area contributed by atoms with E-state index in [2.05, 4.69) is 0 Å². The van der Waals surface area contributed by atoms with Gasteiger partial charge in [0, 0.05) is 5.92 Å². The lowest BCUT2D eigenvalue weighted by molar-refractivity contribution is -0.307. The molecular weight excluding hydrogens is 380 g/mol. The van der Waals surface area contributed by atoms with Gasteiger partial charge in [-0.15, -0.1) is 0 Å². The van der Waals surface area contributed by atoms with Crippen molar-refractivity contribution in [2.75, 3.05) is 6.61 Å². The number of allylic oxidation sites excluding steroid dienone is 1. The highest BCUT2D eigenvalue weighted by Gasteiger charge is 2.45. The number of aliphatic hydroxyl groups excluding tert-OH is 4. The number of hydrogen-bond acceptors (Lipinski definition) is 8. The highest BCUT2D eigenvalue weighted by atomic mass is 16.7. The molecule has 0 aromatic heterocycles. The summed E-state index contributed by atoms with van der Waals surface area (Å²) in [6.07, 6.45) is -1.24. The highest BCUT2D eigenvalue weighted by molar-refractivity contribution is 5.75. The van der Waals surface area contributed by atoms with E-state index in [0.29, 0.717) is 6.42 Å². The van der Waals surface area contributed by atoms with Crippen LogP contribution < -0.4 is 0 Å². The van der Waals surface area contributed by atoms with Crippen LogP contribution in [0, 0.1) is 11.8 Å². The van der Waals surface area contributed by atoms with Crippen molar-refractivity contribution in [2.24, 2.45) is 11.8 Å². The molecule has 2 heterocycles. The van der Waals surface area contributed by atoms with E-state index in [-0.39, 0.29) is 23.9 Å². The van der Waals surface area contributed by atoms with Gasteiger partial charge in [-0.05, 0) is 39.2 Å². The predicted octanol–water partition coefficient (Wildman–Crippen LogP) is 0.426. The number of rotatable bonds is 3. The first-order chi connectivity index (χ1) is 13.7. The smallest absolute Gasteiger partial charge is 0.309 e. The predicted molar refractivity (Wildman–Crippen MR) is 103 cm³/mol. The second kappa shape index (κ2) is 9.24. The van der Waals surface area contributed by atoms with Gasteiger partial charge in [0.05, 0.1) is 18.6 Å². The van der Waals surface area contributed by atoms with Crippen LogP contribution in [0.3, 0.4) is 0 Å². The highest BCUT2D eigenvalue weighted by Crippen LogP contribution is 2.35. The van der Waals surface area contributed by atoms with Gasteiger partial charge in [0.25, 0.3) is 0 Å². The van der Waals surface area contributed by atoms with E-state index in [1.165, 1.54) is 0 Å². The molecule has 0 radical (unpaired) electrons. The van der Waals surface area contributed by atoms with Crippen molar-refractivity contribution in [3.63, 3.8) is 0 Å². The Morgan fingerprint density at radius 3 is 2.52 bits per heavy atom. The fourth-order valence-corrected chi connectivity index (χ4v) is 4.32. The number of hydrogen-bond donors (Lipinski definition) is 4. The quantitative estimate of drug-likeness (QED) is 0.388. The second-order valence-electron chi connectivity index (χ2n) is 8.49. The molecule has 8 heteroatoms. The Labute approximate surface area is 170 Å². The first-order valence-corrected chi connectivity index (χ1v) is 10.2. The lowest BCUT2D eigenvalue weighted by Crippen LogP contribution is -2.59. The summed E-state index contributed by atoms with van der Waals surface area (Å²) < 4.78 is 17.0. The molecule has 3 aliphatic rings. The van der Waals surface area contributed by atoms with E-state index in [4.69, 9.17) is 14.2 Å². The van der Waals surface area contributed by atoms with Gasteiger partial charge in [-0.3, -0.25) is 4.79 Å². The first kappa shape index (κ1) is 22.4. The zero-order valence-electron chi connectivity index (χ0n) is 17.1. The van der Waals surface area contributed by atoms with Crippen molar-refractivity contribution in [1.29, 1.82) is 0 Å². The summed E-state index contributed by atoms with van der Waals surface area (Å²) in [6.45, 7) is 5.33. The molecule has 3 rings (SSSR count). The van der Waals surface area contributed by atoms with Crippen LogP contribution in [0.2, 0.25) is 0 Å². The van der Waals surface area contributed by atoms with Crippen molar-refractivity contribution in [1.82, 2.24) is 0 Å². The number of fused-ring (bicyclic) bond motifs is 1. The van der Waals surface area contributed by atoms with Gasteiger partial charge in [0.2, 0.25) is 0 Å². The van der Waals surface area contributed by atoms with Crippen molar-refractivity contribution in [3.8, 4) is 0 Å². The number of aliphatic hydroxyl groups is 4. The monoisotopic (exact) mass is 412 g/mol. The van der Waals surface area contributed by atoms with Crippen LogP contribution in [0.4, 0.5) is 0 Å². The zero-order chi connectivity index (χ0) is 21.3. The van der Waals surface area contributed by atoms with Crippen LogP contribution in [0.5, 0.6) is 0 Å². The molecule has 2 saturated heterocycles. The summed E-state index contributed by atoms with van der Waals surface area (Å²) >= 11 is 0. The van der Waals surface area contributed by atoms with Crippen LogP contribution >= 0.6 is 0 Å². The molecule has 9 atom stereocenters. The normalized spacial score (nSPS) is 47.4. The third kappa shape index (κ3) is 4.90. The van der Waals surface area contributed by atoms with Crippen molar-refractivity contribution < 1.29 is 39.4 Å². The fraction of sp³-hybridized carbons (Fsp3) is 0.762. The van der Waals surface area contributed by atoms with E-state index >= 15 is 0 Å². The largest absolute Gasteiger partial charge is 0.458 e. The van der Waals surface area contributed by atoms with Gasteiger partial charge in [-0.25, -0.2) is 0 Å². The third-order valence-electron chi connectivity index (χ3n) is 6.16. The number of ether oxygens (including phenoxy) is 3. The molecule has 2 fully saturated rings. The van der Waals surface area contributed by atoms with Gasteiger partial charge < -0.3 is 34.6 Å². The molecular formula is C21H32O8. The second-order valence-corrected chi connectivity index (χ2v) is 8.49.